The minimum atomic E-state index is -1.50. The van der Waals surface area contributed by atoms with Crippen LogP contribution < -0.4 is 10.2 Å². The summed E-state index contributed by atoms with van der Waals surface area (Å²) in [6.45, 7) is 1.36. The van der Waals surface area contributed by atoms with Crippen molar-refractivity contribution in [1.29, 1.82) is 0 Å². The van der Waals surface area contributed by atoms with Gasteiger partial charge in [-0.2, -0.15) is 0 Å². The molecule has 172 valence electrons. The third-order valence-corrected chi connectivity index (χ3v) is 5.19. The number of carboxylic acid groups (broad SMARTS) is 1. The molecule has 0 fully saturated rings. The average Bonchev–Trinajstić information content (AvgIpc) is 2.75. The summed E-state index contributed by atoms with van der Waals surface area (Å²) >= 11 is 0. The second kappa shape index (κ2) is 9.60. The molecule has 8 nitrogen and oxygen atoms in total. The van der Waals surface area contributed by atoms with Crippen LogP contribution in [0.4, 0.5) is 19.3 Å². The first-order chi connectivity index (χ1) is 15.6. The Balaban J connectivity index is 1.98. The zero-order valence-electron chi connectivity index (χ0n) is 17.8. The van der Waals surface area contributed by atoms with Crippen LogP contribution in [0.15, 0.2) is 54.2 Å². The van der Waals surface area contributed by atoms with Crippen molar-refractivity contribution in [2.24, 2.45) is 0 Å². The number of carbonyl (C=O) groups is 4. The number of likely N-dealkylation sites (N-methyl/N-ethyl adjacent to an activating group) is 1. The zero-order valence-corrected chi connectivity index (χ0v) is 17.8. The first kappa shape index (κ1) is 23.6. The summed E-state index contributed by atoms with van der Waals surface area (Å²) in [5, 5.41) is 11.2. The quantitative estimate of drug-likeness (QED) is 0.649. The normalized spacial score (nSPS) is 15.8. The van der Waals surface area contributed by atoms with Gasteiger partial charge in [0, 0.05) is 42.7 Å². The van der Waals surface area contributed by atoms with Crippen LogP contribution in [0.2, 0.25) is 0 Å². The molecule has 0 aromatic heterocycles. The molecule has 1 heterocycles. The molecule has 3 rings (SSSR count). The number of carbonyl (C=O) groups excluding carboxylic acids is 3. The van der Waals surface area contributed by atoms with Crippen LogP contribution in [0.3, 0.4) is 0 Å². The molecular formula is C23H21F2N3O5. The Kier molecular flexibility index (Phi) is 6.86. The van der Waals surface area contributed by atoms with E-state index in [0.717, 1.165) is 17.0 Å². The summed E-state index contributed by atoms with van der Waals surface area (Å²) in [4.78, 5) is 51.5. The first-order valence-corrected chi connectivity index (χ1v) is 9.94. The van der Waals surface area contributed by atoms with Gasteiger partial charge >= 0.3 is 12.0 Å². The Morgan fingerprint density at radius 1 is 1.12 bits per heavy atom. The highest BCUT2D eigenvalue weighted by Gasteiger charge is 2.41. The second-order valence-corrected chi connectivity index (χ2v) is 7.40. The van der Waals surface area contributed by atoms with Crippen LogP contribution in [0.25, 0.3) is 11.1 Å². The smallest absolute Gasteiger partial charge is 0.323 e. The summed E-state index contributed by atoms with van der Waals surface area (Å²) in [5.74, 6) is -3.87. The van der Waals surface area contributed by atoms with Gasteiger partial charge in [0.15, 0.2) is 11.8 Å². The molecule has 2 aromatic carbocycles. The number of nitrogens with one attached hydrogen (secondary N) is 1. The van der Waals surface area contributed by atoms with Gasteiger partial charge in [-0.3, -0.25) is 19.3 Å². The number of carboxylic acids is 1. The van der Waals surface area contributed by atoms with Gasteiger partial charge < -0.3 is 15.3 Å². The van der Waals surface area contributed by atoms with Gasteiger partial charge in [-0.15, -0.1) is 0 Å². The van der Waals surface area contributed by atoms with E-state index >= 15 is 0 Å². The van der Waals surface area contributed by atoms with Gasteiger partial charge in [-0.1, -0.05) is 12.1 Å². The minimum absolute atomic E-state index is 0.128. The van der Waals surface area contributed by atoms with E-state index in [1.807, 2.05) is 0 Å². The number of benzene rings is 2. The molecule has 0 saturated heterocycles. The van der Waals surface area contributed by atoms with Crippen LogP contribution >= 0.6 is 0 Å². The molecule has 0 bridgehead atoms. The highest BCUT2D eigenvalue weighted by molar-refractivity contribution is 6.19. The molecule has 3 amide bonds. The number of hydrogen-bond donors (Lipinski definition) is 2. The summed E-state index contributed by atoms with van der Waals surface area (Å²) in [6, 6.07) is 6.54. The van der Waals surface area contributed by atoms with Crippen molar-refractivity contribution in [3.05, 3.63) is 65.9 Å². The Hall–Kier alpha value is -4.08. The van der Waals surface area contributed by atoms with Gasteiger partial charge in [0.05, 0.1) is 6.42 Å². The monoisotopic (exact) mass is 457 g/mol. The Labute approximate surface area is 188 Å². The number of aliphatic carboxylic acids is 1. The lowest BCUT2D eigenvalue weighted by molar-refractivity contribution is -0.137. The van der Waals surface area contributed by atoms with E-state index in [-0.39, 0.29) is 24.2 Å². The van der Waals surface area contributed by atoms with Crippen LogP contribution in [0.5, 0.6) is 0 Å². The Morgan fingerprint density at radius 3 is 2.39 bits per heavy atom. The van der Waals surface area contributed by atoms with Crippen molar-refractivity contribution in [3.63, 3.8) is 0 Å². The Bertz CT molecular complexity index is 1150. The number of urea groups is 1. The van der Waals surface area contributed by atoms with Crippen molar-refractivity contribution < 1.29 is 33.1 Å². The van der Waals surface area contributed by atoms with Gasteiger partial charge in [0.25, 0.3) is 5.91 Å². The fraction of sp³-hybridized carbons (Fsp3) is 0.217. The number of nitrogens with zero attached hydrogens (tertiary/aromatic N) is 2. The van der Waals surface area contributed by atoms with Crippen molar-refractivity contribution in [2.75, 3.05) is 18.5 Å². The number of rotatable bonds is 6. The van der Waals surface area contributed by atoms with Crippen molar-refractivity contribution in [3.8, 4) is 11.1 Å². The molecule has 10 heteroatoms. The third-order valence-electron chi connectivity index (χ3n) is 5.19. The lowest BCUT2D eigenvalue weighted by atomic mass is 10.0. The van der Waals surface area contributed by atoms with E-state index in [4.69, 9.17) is 5.11 Å². The lowest BCUT2D eigenvalue weighted by Gasteiger charge is -2.35. The lowest BCUT2D eigenvalue weighted by Crippen LogP contribution is -2.58. The van der Waals surface area contributed by atoms with Crippen molar-refractivity contribution in [1.82, 2.24) is 10.2 Å². The molecular weight excluding hydrogens is 436 g/mol. The van der Waals surface area contributed by atoms with Gasteiger partial charge in [0.2, 0.25) is 0 Å². The molecule has 1 aliphatic heterocycles. The predicted molar refractivity (Wildman–Crippen MR) is 115 cm³/mol. The van der Waals surface area contributed by atoms with Crippen LogP contribution in [-0.2, 0) is 14.4 Å². The van der Waals surface area contributed by atoms with E-state index in [1.165, 1.54) is 48.4 Å². The molecule has 2 aromatic rings. The third kappa shape index (κ3) is 5.05. The highest BCUT2D eigenvalue weighted by Crippen LogP contribution is 2.28. The number of anilines is 1. The van der Waals surface area contributed by atoms with Crippen molar-refractivity contribution in [2.45, 2.75) is 19.4 Å². The fourth-order valence-corrected chi connectivity index (χ4v) is 3.37. The molecule has 0 saturated carbocycles. The molecule has 1 aliphatic rings. The first-order valence-electron chi connectivity index (χ1n) is 9.94. The van der Waals surface area contributed by atoms with Crippen LogP contribution in [0.1, 0.15) is 13.3 Å². The second-order valence-electron chi connectivity index (χ2n) is 7.40. The van der Waals surface area contributed by atoms with Gasteiger partial charge in [0.1, 0.15) is 11.6 Å². The maximum atomic E-state index is 14.1. The number of amides is 3. The van der Waals surface area contributed by atoms with Crippen LogP contribution in [0, 0.1) is 11.6 Å². The SMILES string of the molecule is CC1=CC(=O)[C@H](N(C(=O)NCCC(=O)O)c2ccc(-c3ccc(F)cc3F)cc2)C(=O)N1C. The fourth-order valence-electron chi connectivity index (χ4n) is 3.37. The molecule has 1 atom stereocenters. The molecule has 0 radical (unpaired) electrons. The van der Waals surface area contributed by atoms with E-state index < -0.39 is 41.4 Å². The summed E-state index contributed by atoms with van der Waals surface area (Å²) in [6.07, 6.45) is 0.889. The number of allylic oxidation sites excluding steroid dienone is 1. The zero-order chi connectivity index (χ0) is 24.3. The maximum Gasteiger partial charge on any atom is 0.323 e. The molecule has 0 spiro atoms. The van der Waals surface area contributed by atoms with Gasteiger partial charge in [-0.25, -0.2) is 13.6 Å². The van der Waals surface area contributed by atoms with Crippen LogP contribution in [-0.4, -0.2) is 53.3 Å². The van der Waals surface area contributed by atoms with E-state index in [1.54, 1.807) is 6.92 Å². The number of ketones is 1. The van der Waals surface area contributed by atoms with Crippen molar-refractivity contribution >= 4 is 29.4 Å². The molecule has 33 heavy (non-hydrogen) atoms. The maximum absolute atomic E-state index is 14.1. The van der Waals surface area contributed by atoms with Gasteiger partial charge in [-0.05, 0) is 36.8 Å². The molecule has 0 unspecified atom stereocenters. The summed E-state index contributed by atoms with van der Waals surface area (Å²) < 4.78 is 27.3. The number of halogens is 2. The number of hydrogen-bond acceptors (Lipinski definition) is 4. The molecule has 0 aliphatic carbocycles. The van der Waals surface area contributed by atoms with E-state index in [9.17, 15) is 28.0 Å². The largest absolute Gasteiger partial charge is 0.481 e. The predicted octanol–water partition coefficient (Wildman–Crippen LogP) is 2.94. The summed E-state index contributed by atoms with van der Waals surface area (Å²) in [7, 11) is 1.47. The standard InChI is InChI=1S/C23H21F2N3O5/c1-13-11-19(29)21(22(32)27(13)2)28(23(33)26-10-9-20(30)31)16-6-3-14(4-7-16)17-8-5-15(24)12-18(17)25/h3-8,11-12,21H,9-10H2,1-2H3,(H,26,33)(H,30,31)/t21-/m0/s1. The minimum Gasteiger partial charge on any atom is -0.481 e. The van der Waals surface area contributed by atoms with E-state index in [2.05, 4.69) is 5.32 Å². The topological polar surface area (TPSA) is 107 Å². The molecule has 2 N–H and O–H groups in total. The Morgan fingerprint density at radius 2 is 1.79 bits per heavy atom. The average molecular weight is 457 g/mol. The highest BCUT2D eigenvalue weighted by atomic mass is 19.1. The van der Waals surface area contributed by atoms with E-state index in [0.29, 0.717) is 11.3 Å². The summed E-state index contributed by atoms with van der Waals surface area (Å²) in [5.41, 5.74) is 1.08.